The van der Waals surface area contributed by atoms with Gasteiger partial charge < -0.3 is 15.1 Å². The van der Waals surface area contributed by atoms with Gasteiger partial charge in [-0.25, -0.2) is 9.97 Å². The zero-order valence-corrected chi connectivity index (χ0v) is 21.8. The van der Waals surface area contributed by atoms with Gasteiger partial charge in [-0.15, -0.1) is 11.3 Å². The third-order valence-corrected chi connectivity index (χ3v) is 9.43. The summed E-state index contributed by atoms with van der Waals surface area (Å²) in [5.74, 6) is 0.244. The van der Waals surface area contributed by atoms with Crippen LogP contribution < -0.4 is 10.2 Å². The molecule has 2 aliphatic rings. The lowest BCUT2D eigenvalue weighted by Crippen LogP contribution is -2.50. The van der Waals surface area contributed by atoms with E-state index in [0.29, 0.717) is 23.7 Å². The average molecular weight is 518 g/mol. The smallest absolute Gasteiger partial charge is 0.274 e. The van der Waals surface area contributed by atoms with Crippen molar-refractivity contribution in [3.8, 4) is 10.4 Å². The Morgan fingerprint density at radius 1 is 1.11 bits per heavy atom. The summed E-state index contributed by atoms with van der Waals surface area (Å²) in [5, 5.41) is 3.94. The van der Waals surface area contributed by atoms with Gasteiger partial charge in [0.2, 0.25) is 0 Å². The summed E-state index contributed by atoms with van der Waals surface area (Å²) in [6.07, 6.45) is 3.08. The molecule has 2 fully saturated rings. The van der Waals surface area contributed by atoms with Gasteiger partial charge in [0.1, 0.15) is 5.69 Å². The molecule has 3 heterocycles. The number of aromatic nitrogens is 2. The number of benzene rings is 2. The van der Waals surface area contributed by atoms with Crippen LogP contribution in [0.1, 0.15) is 40.1 Å². The predicted octanol–water partition coefficient (Wildman–Crippen LogP) is 4.91. The molecule has 0 unspecified atom stereocenters. The van der Waals surface area contributed by atoms with E-state index in [0.717, 1.165) is 45.1 Å². The van der Waals surface area contributed by atoms with E-state index in [1.165, 1.54) is 22.7 Å². The molecule has 1 saturated heterocycles. The molecule has 2 aromatic heterocycles. The van der Waals surface area contributed by atoms with Crippen molar-refractivity contribution in [2.45, 2.75) is 31.3 Å². The fourth-order valence-electron chi connectivity index (χ4n) is 5.58. The lowest BCUT2D eigenvalue weighted by Gasteiger charge is -2.35. The minimum atomic E-state index is -0.117. The molecule has 36 heavy (non-hydrogen) atoms. The Bertz CT molecular complexity index is 1430. The highest BCUT2D eigenvalue weighted by molar-refractivity contribution is 7.19. The number of hydrogen-bond donors (Lipinski definition) is 1. The first-order chi connectivity index (χ1) is 17.5. The van der Waals surface area contributed by atoms with Crippen LogP contribution in [0.3, 0.4) is 0 Å². The quantitative estimate of drug-likeness (QED) is 0.393. The highest BCUT2D eigenvalue weighted by Gasteiger charge is 2.49. The number of nitrogens with one attached hydrogen (secondary N) is 1. The molecule has 184 valence electrons. The zero-order valence-electron chi connectivity index (χ0n) is 20.2. The number of likely N-dealkylation sites (tertiary alicyclic amines) is 1. The van der Waals surface area contributed by atoms with Crippen molar-refractivity contribution >= 4 is 49.8 Å². The molecular formula is C27H27N5O2S2. The normalized spacial score (nSPS) is 20.7. The van der Waals surface area contributed by atoms with Crippen molar-refractivity contribution in [1.82, 2.24) is 20.2 Å². The van der Waals surface area contributed by atoms with Crippen LogP contribution in [0.4, 0.5) is 5.13 Å². The maximum absolute atomic E-state index is 14.1. The molecule has 2 amide bonds. The predicted molar refractivity (Wildman–Crippen MR) is 145 cm³/mol. The molecule has 0 spiro atoms. The van der Waals surface area contributed by atoms with Gasteiger partial charge in [-0.3, -0.25) is 9.59 Å². The molecule has 1 aliphatic heterocycles. The second-order valence-electron chi connectivity index (χ2n) is 9.66. The molecule has 1 N–H and O–H groups in total. The van der Waals surface area contributed by atoms with E-state index >= 15 is 0 Å². The maximum Gasteiger partial charge on any atom is 0.274 e. The standard InChI is InChI=1S/C27H27N5O2S2/c1-31(2)27-30-22(23(36-27)16-7-4-3-5-8-16)26(34)32-18-12-11-17(13-18)21(32)14-28-25(33)19-9-6-10-20-24(19)35-15-29-20/h3-10,15,17-18,21H,11-14H2,1-2H3,(H,28,33)/t17-,18+,21+/m0/s1. The van der Waals surface area contributed by atoms with Crippen molar-refractivity contribution in [2.75, 3.05) is 25.5 Å². The van der Waals surface area contributed by atoms with Crippen LogP contribution in [0, 0.1) is 5.92 Å². The second-order valence-corrected chi connectivity index (χ2v) is 11.5. The van der Waals surface area contributed by atoms with Crippen molar-refractivity contribution in [3.63, 3.8) is 0 Å². The summed E-state index contributed by atoms with van der Waals surface area (Å²) >= 11 is 3.01. The molecule has 2 bridgehead atoms. The van der Waals surface area contributed by atoms with Gasteiger partial charge in [0, 0.05) is 26.7 Å². The van der Waals surface area contributed by atoms with Crippen molar-refractivity contribution < 1.29 is 9.59 Å². The number of nitrogens with zero attached hydrogens (tertiary/aromatic N) is 4. The monoisotopic (exact) mass is 517 g/mol. The first-order valence-corrected chi connectivity index (χ1v) is 13.9. The molecule has 0 radical (unpaired) electrons. The van der Waals surface area contributed by atoms with Gasteiger partial charge in [-0.2, -0.15) is 0 Å². The van der Waals surface area contributed by atoms with Crippen molar-refractivity contribution in [1.29, 1.82) is 0 Å². The first-order valence-electron chi connectivity index (χ1n) is 12.2. The molecule has 9 heteroatoms. The van der Waals surface area contributed by atoms with E-state index in [-0.39, 0.29) is 23.9 Å². The van der Waals surface area contributed by atoms with Crippen molar-refractivity contribution in [2.24, 2.45) is 5.92 Å². The summed E-state index contributed by atoms with van der Waals surface area (Å²) in [7, 11) is 3.89. The molecule has 4 aromatic rings. The van der Waals surface area contributed by atoms with E-state index in [1.807, 2.05) is 72.4 Å². The lowest BCUT2D eigenvalue weighted by molar-refractivity contribution is 0.0578. The Morgan fingerprint density at radius 2 is 1.94 bits per heavy atom. The first kappa shape index (κ1) is 23.1. The van der Waals surface area contributed by atoms with E-state index in [4.69, 9.17) is 4.98 Å². The summed E-state index contributed by atoms with van der Waals surface area (Å²) in [6.45, 7) is 0.437. The number of anilines is 1. The zero-order chi connectivity index (χ0) is 24.8. The third-order valence-electron chi connectivity index (χ3n) is 7.28. The van der Waals surface area contributed by atoms with Crippen LogP contribution in [0.5, 0.6) is 0 Å². The SMILES string of the molecule is CN(C)c1nc(C(=O)N2[C@@H]3CC[C@@H](C3)[C@H]2CNC(=O)c2cccc3ncsc23)c(-c2ccccc2)s1. The van der Waals surface area contributed by atoms with Crippen LogP contribution in [0.15, 0.2) is 54.0 Å². The van der Waals surface area contributed by atoms with Crippen LogP contribution in [0.25, 0.3) is 20.7 Å². The molecule has 3 atom stereocenters. The molecule has 1 saturated carbocycles. The van der Waals surface area contributed by atoms with Crippen LogP contribution in [-0.2, 0) is 0 Å². The minimum Gasteiger partial charge on any atom is -0.354 e. The summed E-state index contributed by atoms with van der Waals surface area (Å²) in [5.41, 5.74) is 4.74. The van der Waals surface area contributed by atoms with Crippen LogP contribution in [-0.4, -0.2) is 59.4 Å². The second kappa shape index (κ2) is 9.29. The Labute approximate surface area is 217 Å². The molecule has 1 aliphatic carbocycles. The fraction of sp³-hybridized carbons (Fsp3) is 0.333. The summed E-state index contributed by atoms with van der Waals surface area (Å²) in [4.78, 5) is 41.2. The van der Waals surface area contributed by atoms with Gasteiger partial charge >= 0.3 is 0 Å². The average Bonchev–Trinajstić information content (AvgIpc) is 3.69. The van der Waals surface area contributed by atoms with E-state index in [9.17, 15) is 9.59 Å². The Kier molecular flexibility index (Phi) is 5.97. The largest absolute Gasteiger partial charge is 0.354 e. The summed E-state index contributed by atoms with van der Waals surface area (Å²) in [6, 6.07) is 15.8. The maximum atomic E-state index is 14.1. The number of rotatable bonds is 6. The highest BCUT2D eigenvalue weighted by Crippen LogP contribution is 2.44. The number of amides is 2. The minimum absolute atomic E-state index is 0.0331. The van der Waals surface area contributed by atoms with E-state index < -0.39 is 0 Å². The molecule has 6 rings (SSSR count). The highest BCUT2D eigenvalue weighted by atomic mass is 32.1. The van der Waals surface area contributed by atoms with Crippen LogP contribution >= 0.6 is 22.7 Å². The number of piperidine rings is 1. The topological polar surface area (TPSA) is 78.4 Å². The number of hydrogen-bond acceptors (Lipinski definition) is 7. The molecule has 2 aromatic carbocycles. The van der Waals surface area contributed by atoms with Gasteiger partial charge in [0.25, 0.3) is 11.8 Å². The van der Waals surface area contributed by atoms with E-state index in [2.05, 4.69) is 10.3 Å². The Balaban J connectivity index is 1.27. The van der Waals surface area contributed by atoms with Crippen LogP contribution in [0.2, 0.25) is 0 Å². The van der Waals surface area contributed by atoms with Gasteiger partial charge in [0.05, 0.1) is 32.2 Å². The molecular weight excluding hydrogens is 490 g/mol. The van der Waals surface area contributed by atoms with Crippen molar-refractivity contribution in [3.05, 3.63) is 65.3 Å². The molecule has 7 nitrogen and oxygen atoms in total. The number of carbonyl (C=O) groups is 2. The Morgan fingerprint density at radius 3 is 2.75 bits per heavy atom. The lowest BCUT2D eigenvalue weighted by atomic mass is 9.98. The summed E-state index contributed by atoms with van der Waals surface area (Å²) < 4.78 is 0.891. The number of thiazole rings is 2. The Hall–Kier alpha value is -3.30. The third kappa shape index (κ3) is 3.96. The van der Waals surface area contributed by atoms with Gasteiger partial charge in [-0.05, 0) is 42.9 Å². The number of fused-ring (bicyclic) bond motifs is 3. The number of carbonyl (C=O) groups excluding carboxylic acids is 2. The van der Waals surface area contributed by atoms with Gasteiger partial charge in [0.15, 0.2) is 5.13 Å². The van der Waals surface area contributed by atoms with Gasteiger partial charge in [-0.1, -0.05) is 47.7 Å². The fourth-order valence-corrected chi connectivity index (χ4v) is 7.37. The van der Waals surface area contributed by atoms with E-state index in [1.54, 1.807) is 5.51 Å².